The molecule has 1 aliphatic rings. The third-order valence-corrected chi connectivity index (χ3v) is 14.6. The number of carbonyl (C=O) groups is 2. The largest absolute Gasteiger partial charge is 0.481 e. The van der Waals surface area contributed by atoms with Gasteiger partial charge in [-0.1, -0.05) is 173 Å². The van der Waals surface area contributed by atoms with Crippen LogP contribution in [-0.4, -0.2) is 96.9 Å². The van der Waals surface area contributed by atoms with Crippen LogP contribution in [0, 0.1) is 5.92 Å². The number of nitrogen functional groups attached to an aromatic ring is 1. The zero-order valence-corrected chi connectivity index (χ0v) is 45.0. The van der Waals surface area contributed by atoms with Gasteiger partial charge in [-0.05, 0) is 50.5 Å². The number of rotatable bonds is 43. The number of hydrogen-bond acceptors (Lipinski definition) is 16. The van der Waals surface area contributed by atoms with Gasteiger partial charge in [0.25, 0.3) is 0 Å². The van der Waals surface area contributed by atoms with Gasteiger partial charge in [0.1, 0.15) is 30.7 Å². The number of nitrogens with two attached hydrogens (primary N) is 1. The van der Waals surface area contributed by atoms with Crippen molar-refractivity contribution in [3.8, 4) is 0 Å². The quantitative estimate of drug-likeness (QED) is 0.0117. The Hall–Kier alpha value is -3.06. The first kappa shape index (κ1) is 65.1. The van der Waals surface area contributed by atoms with Crippen LogP contribution in [0.25, 0.3) is 0 Å². The number of unbranched alkanes of at least 4 members (excludes halogenated alkanes) is 19. The van der Waals surface area contributed by atoms with Gasteiger partial charge in [0.05, 0.1) is 19.3 Å². The van der Waals surface area contributed by atoms with E-state index in [2.05, 4.69) is 23.1 Å². The van der Waals surface area contributed by atoms with E-state index in [1.807, 2.05) is 37.3 Å². The summed E-state index contributed by atoms with van der Waals surface area (Å²) in [5, 5.41) is 30.8. The van der Waals surface area contributed by atoms with E-state index in [0.717, 1.165) is 80.9 Å². The van der Waals surface area contributed by atoms with E-state index in [4.69, 9.17) is 29.0 Å². The molecule has 2 rings (SSSR count). The number of carbonyl (C=O) groups excluding carboxylic acids is 2. The summed E-state index contributed by atoms with van der Waals surface area (Å²) in [6.07, 6.45) is 29.8. The molecule has 1 fully saturated rings. The van der Waals surface area contributed by atoms with Crippen LogP contribution in [0.2, 0.25) is 0 Å². The minimum atomic E-state index is -5.44. The normalized spacial score (nSPS) is 19.8. The van der Waals surface area contributed by atoms with Crippen LogP contribution in [0.15, 0.2) is 53.5 Å². The van der Waals surface area contributed by atoms with Gasteiger partial charge in [-0.2, -0.15) is 9.29 Å². The Bertz CT molecular complexity index is 1880. The molecule has 0 aliphatic carbocycles. The number of aliphatic hydroxyl groups is 3. The van der Waals surface area contributed by atoms with Gasteiger partial charge in [-0.25, -0.2) is 13.9 Å². The molecule has 0 spiro atoms. The summed E-state index contributed by atoms with van der Waals surface area (Å²) in [4.78, 5) is 62.0. The number of phosphoric ester groups is 2. The summed E-state index contributed by atoms with van der Waals surface area (Å²) < 4.78 is 56.8. The molecule has 1 aromatic heterocycles. The lowest BCUT2D eigenvalue weighted by atomic mass is 10.0. The first-order chi connectivity index (χ1) is 34.4. The summed E-state index contributed by atoms with van der Waals surface area (Å²) in [6, 6.07) is 1.24. The van der Waals surface area contributed by atoms with Crippen molar-refractivity contribution in [3.05, 3.63) is 59.2 Å². The van der Waals surface area contributed by atoms with Crippen molar-refractivity contribution in [2.45, 2.75) is 224 Å². The minimum absolute atomic E-state index is 0.0375. The number of ether oxygens (including phenoxy) is 3. The Morgan fingerprint density at radius 2 is 1.32 bits per heavy atom. The summed E-state index contributed by atoms with van der Waals surface area (Å²) in [7, 11) is -10.9. The molecular weight excluding hydrogens is 973 g/mol. The van der Waals surface area contributed by atoms with E-state index in [1.54, 1.807) is 6.08 Å². The van der Waals surface area contributed by atoms with Crippen molar-refractivity contribution in [3.63, 3.8) is 0 Å². The second-order valence-corrected chi connectivity index (χ2v) is 22.1. The van der Waals surface area contributed by atoms with Gasteiger partial charge in [-0.15, -0.1) is 0 Å². The molecule has 1 aromatic rings. The number of aliphatic hydroxyl groups excluding tert-OH is 3. The number of esters is 2. The molecule has 8 atom stereocenters. The molecule has 7 N–H and O–H groups in total. The molecule has 0 radical (unpaired) electrons. The maximum absolute atomic E-state index is 12.9. The smallest absolute Gasteiger partial charge is 0.462 e. The number of nitrogens with zero attached hydrogens (tertiary/aromatic N) is 2. The van der Waals surface area contributed by atoms with E-state index >= 15 is 0 Å². The van der Waals surface area contributed by atoms with Crippen LogP contribution in [0.4, 0.5) is 5.82 Å². The van der Waals surface area contributed by atoms with Gasteiger partial charge < -0.3 is 45.1 Å². The molecule has 0 bridgehead atoms. The zero-order valence-electron chi connectivity index (χ0n) is 43.3. The van der Waals surface area contributed by atoms with Crippen LogP contribution >= 0.6 is 15.6 Å². The molecular formula is C51H89N3O16P2. The van der Waals surface area contributed by atoms with E-state index < -0.39 is 89.8 Å². The molecule has 3 unspecified atom stereocenters. The fourth-order valence-corrected chi connectivity index (χ4v) is 10.00. The van der Waals surface area contributed by atoms with Crippen molar-refractivity contribution in [2.75, 3.05) is 25.6 Å². The van der Waals surface area contributed by atoms with E-state index in [0.29, 0.717) is 19.3 Å². The Morgan fingerprint density at radius 3 is 1.90 bits per heavy atom. The van der Waals surface area contributed by atoms with Crippen molar-refractivity contribution in [1.29, 1.82) is 0 Å². The van der Waals surface area contributed by atoms with Gasteiger partial charge in [0.2, 0.25) is 0 Å². The molecule has 2 heterocycles. The lowest BCUT2D eigenvalue weighted by Crippen LogP contribution is -2.36. The molecule has 0 aromatic carbocycles. The molecule has 1 saturated heterocycles. The highest BCUT2D eigenvalue weighted by atomic mass is 31.3. The molecule has 21 heteroatoms. The number of phosphoric acid groups is 2. The molecule has 72 heavy (non-hydrogen) atoms. The Morgan fingerprint density at radius 1 is 0.764 bits per heavy atom. The Balaban J connectivity index is 1.79. The molecule has 1 aliphatic heterocycles. The predicted molar refractivity (Wildman–Crippen MR) is 276 cm³/mol. The summed E-state index contributed by atoms with van der Waals surface area (Å²) in [5.74, 6) is -0.551. The Kier molecular flexibility index (Phi) is 34.8. The maximum Gasteiger partial charge on any atom is 0.481 e. The zero-order chi connectivity index (χ0) is 53.0. The van der Waals surface area contributed by atoms with E-state index in [9.17, 15) is 48.6 Å². The van der Waals surface area contributed by atoms with Crippen LogP contribution in [0.3, 0.4) is 0 Å². The number of aromatic nitrogens is 2. The SMILES string of the molecule is CC/C=C/CC(O)/C=C/C=C/CCCCCCCC(=O)OC[C@H](COP(=O)(O)OP(=O)(O)OC[C@H]1O[C@@H](n2ccc(N)nc2=O)[C@H](O)[C@@H]1O)OC(=O)CCCCCCCCCCCCCCCCCC(C)C. The number of anilines is 1. The average molecular weight is 1060 g/mol. The van der Waals surface area contributed by atoms with Crippen LogP contribution in [0.1, 0.15) is 194 Å². The molecule has 0 saturated carbocycles. The lowest BCUT2D eigenvalue weighted by molar-refractivity contribution is -0.161. The highest BCUT2D eigenvalue weighted by molar-refractivity contribution is 7.61. The Labute approximate surface area is 428 Å². The van der Waals surface area contributed by atoms with Crippen molar-refractivity contribution >= 4 is 33.4 Å². The van der Waals surface area contributed by atoms with Gasteiger partial charge in [0.15, 0.2) is 12.3 Å². The highest BCUT2D eigenvalue weighted by Gasteiger charge is 2.46. The highest BCUT2D eigenvalue weighted by Crippen LogP contribution is 2.60. The van der Waals surface area contributed by atoms with Crippen molar-refractivity contribution < 1.29 is 71.4 Å². The van der Waals surface area contributed by atoms with Crippen molar-refractivity contribution in [1.82, 2.24) is 9.55 Å². The predicted octanol–water partition coefficient (Wildman–Crippen LogP) is 10.00. The molecule has 414 valence electrons. The number of allylic oxidation sites excluding steroid dienone is 4. The van der Waals surface area contributed by atoms with Gasteiger partial charge in [0, 0.05) is 19.0 Å². The van der Waals surface area contributed by atoms with Gasteiger partial charge in [-0.3, -0.25) is 23.2 Å². The van der Waals surface area contributed by atoms with E-state index in [-0.39, 0.29) is 18.7 Å². The maximum atomic E-state index is 12.9. The second kappa shape index (κ2) is 38.5. The summed E-state index contributed by atoms with van der Waals surface area (Å²) in [6.45, 7) is 4.26. The fourth-order valence-electron chi connectivity index (χ4n) is 7.89. The fraction of sp³-hybridized carbons (Fsp3) is 0.765. The standard InChI is InChI=1S/C51H89N3O16P2/c1-4-5-26-32-42(55)33-28-23-19-15-13-17-20-24-29-34-46(56)65-38-43(68-47(57)35-30-25-21-16-12-10-8-6-7-9-11-14-18-22-27-31-41(2)3)39-66-71(61,62)70-72(63,64)67-40-44-48(58)49(59)50(69-44)54-37-36-45(52)53-51(54)60/h5,19,23,26,28,33,36-37,41-44,48-50,55,58-59H,4,6-18,20-22,24-25,27,29-32,34-35,38-40H2,1-3H3,(H,61,62)(H,63,64)(H2,52,53,60)/b23-19+,26-5+,33-28+/t42?,43-,44-,48-,49-,50-/m1/s1. The lowest BCUT2D eigenvalue weighted by Gasteiger charge is -2.21. The molecule has 0 amide bonds. The van der Waals surface area contributed by atoms with Gasteiger partial charge >= 0.3 is 33.3 Å². The third kappa shape index (κ3) is 31.6. The first-order valence-corrected chi connectivity index (χ1v) is 29.5. The second-order valence-electron chi connectivity index (χ2n) is 19.0. The molecule has 19 nitrogen and oxygen atoms in total. The van der Waals surface area contributed by atoms with Crippen LogP contribution < -0.4 is 11.4 Å². The van der Waals surface area contributed by atoms with E-state index in [1.165, 1.54) is 76.7 Å². The number of hydrogen-bond donors (Lipinski definition) is 6. The van der Waals surface area contributed by atoms with Crippen LogP contribution in [0.5, 0.6) is 0 Å². The topological polar surface area (TPSA) is 286 Å². The third-order valence-electron chi connectivity index (χ3n) is 12.0. The summed E-state index contributed by atoms with van der Waals surface area (Å²) in [5.41, 5.74) is 4.59. The average Bonchev–Trinajstić information content (AvgIpc) is 3.60. The van der Waals surface area contributed by atoms with Crippen molar-refractivity contribution in [2.24, 2.45) is 5.92 Å². The minimum Gasteiger partial charge on any atom is -0.462 e. The van der Waals surface area contributed by atoms with Crippen LogP contribution in [-0.2, 0) is 46.3 Å². The monoisotopic (exact) mass is 1060 g/mol. The summed E-state index contributed by atoms with van der Waals surface area (Å²) >= 11 is 0. The first-order valence-electron chi connectivity index (χ1n) is 26.5.